The van der Waals surface area contributed by atoms with Crippen LogP contribution in [0.1, 0.15) is 20.8 Å². The van der Waals surface area contributed by atoms with Gasteiger partial charge < -0.3 is 46.5 Å². The second kappa shape index (κ2) is 57.6. The van der Waals surface area contributed by atoms with Crippen molar-refractivity contribution in [3.05, 3.63) is 98.1 Å². The number of anilines is 3. The zero-order valence-electron chi connectivity index (χ0n) is 39.7. The monoisotopic (exact) mass is 1320 g/mol. The molecule has 3 aromatic carbocycles. The Morgan fingerprint density at radius 1 is 0.812 bits per heavy atom. The minimum absolute atomic E-state index is 0. The number of isothiocyanates is 2. The summed E-state index contributed by atoms with van der Waals surface area (Å²) >= 11 is 55.5. The van der Waals surface area contributed by atoms with Gasteiger partial charge in [-0.15, -0.1) is 0 Å². The number of aliphatic hydroxyl groups is 1. The van der Waals surface area contributed by atoms with E-state index in [1.54, 1.807) is 113 Å². The SMILES string of the molecule is BrBr.CC#N.CC#N.CCO.CN(C)C(=S)Cl.CN(C)C(=S)N=C=S.CN(C)C(=S)NC(=S)Nc1cccc(Cl)c1.CN(C)c1nc(=Nc2cccc(Cl)c2)ss1.Nc1cccc(Cl)c1.[K+].[N-]=C=S. The molecule has 4 aromatic rings. The number of nitrogens with one attached hydrogen (secondary N) is 2. The molecule has 0 saturated heterocycles. The third-order valence-corrected chi connectivity index (χ3v) is 10.0. The Balaban J connectivity index is -0.000000134. The largest absolute Gasteiger partial charge is 1.00 e. The van der Waals surface area contributed by atoms with Crippen molar-refractivity contribution in [2.24, 2.45) is 9.98 Å². The summed E-state index contributed by atoms with van der Waals surface area (Å²) in [5.74, 6) is 0. The van der Waals surface area contributed by atoms with Crippen molar-refractivity contribution in [2.75, 3.05) is 78.9 Å². The molecular weight excluding hydrogens is 1280 g/mol. The molecule has 0 saturated carbocycles. The quantitative estimate of drug-likeness (QED) is 0.0288. The van der Waals surface area contributed by atoms with Gasteiger partial charge in [-0.05, 0) is 143 Å². The number of nitrogens with two attached hydrogens (primary N) is 1. The molecule has 69 heavy (non-hydrogen) atoms. The summed E-state index contributed by atoms with van der Waals surface area (Å²) in [6.45, 7) is 4.79. The molecule has 0 bridgehead atoms. The van der Waals surface area contributed by atoms with E-state index in [1.165, 1.54) is 19.0 Å². The molecule has 0 spiro atoms. The van der Waals surface area contributed by atoms with Gasteiger partial charge in [-0.1, -0.05) is 76.8 Å². The number of aliphatic imine (C=N–C) groups is 1. The second-order valence-corrected chi connectivity index (χ2v) is 17.4. The number of nitrogen functional groups attached to an aromatic ring is 1. The van der Waals surface area contributed by atoms with Crippen LogP contribution in [0.3, 0.4) is 0 Å². The van der Waals surface area contributed by atoms with E-state index >= 15 is 0 Å². The third kappa shape index (κ3) is 59.2. The second-order valence-electron chi connectivity index (χ2n) is 11.6. The van der Waals surface area contributed by atoms with Crippen molar-refractivity contribution in [3.8, 4) is 12.1 Å². The standard InChI is InChI=1S/C10H10ClN3S2.C10H12ClN3S2.C6H6ClN.C4H6N2S2.C3H6ClNS.2C2H3N.C2H6O.CNS.Br2.K/c1-14(2)10-13-9(15-16-10)12-8-5-3-4-7(11)6-8;1-14(2)10(16)13-9(15)12-8-5-3-4-7(11)6-8;7-5-2-1-3-6(8)4-5;1-6(2)4(8)5-3-7;1-5(2)3(4)6;3*1-2-3;2-1-3;1-2;/h3-6H,1-2H3;3-6H,1-2H3,(H2,12,13,15,16);1-4H,8H2;1-2H3;1-2H3;2*1H3;3H,2H2,1H3;;;/q;;;;;;;;-1;;+1. The molecule has 374 valence electrons. The summed E-state index contributed by atoms with van der Waals surface area (Å²) in [6.07, 6.45) is 0. The van der Waals surface area contributed by atoms with Crippen LogP contribution in [0, 0.1) is 22.7 Å². The molecule has 0 atom stereocenters. The first-order valence-corrected chi connectivity index (χ1v) is 27.8. The van der Waals surface area contributed by atoms with E-state index in [9.17, 15) is 0 Å². The molecule has 1 heterocycles. The number of nitrogens with zero attached hydrogens (tertiary/aromatic N) is 10. The molecule has 0 aliphatic rings. The zero-order valence-corrected chi connectivity index (χ0v) is 55.5. The van der Waals surface area contributed by atoms with Gasteiger partial charge in [0.2, 0.25) is 9.91 Å². The summed E-state index contributed by atoms with van der Waals surface area (Å²) in [7, 11) is 18.0. The summed E-state index contributed by atoms with van der Waals surface area (Å²) in [4.78, 5) is 20.2. The maximum absolute atomic E-state index is 7.57. The van der Waals surface area contributed by atoms with Gasteiger partial charge in [-0.3, -0.25) is 0 Å². The number of rotatable bonds is 3. The number of thiocarbonyl (C=S) groups is 6. The summed E-state index contributed by atoms with van der Waals surface area (Å²) < 4.78 is 0.398. The summed E-state index contributed by atoms with van der Waals surface area (Å²) in [5.41, 5.74) is 7.74. The Morgan fingerprint density at radius 3 is 1.54 bits per heavy atom. The molecule has 29 heteroatoms. The van der Waals surface area contributed by atoms with Gasteiger partial charge in [-0.2, -0.15) is 25.7 Å². The topological polar surface area (TPSA) is 191 Å². The number of benzene rings is 3. The van der Waals surface area contributed by atoms with Crippen LogP contribution in [0.2, 0.25) is 15.1 Å². The molecule has 0 aliphatic carbocycles. The smallest absolute Gasteiger partial charge is 0.753 e. The molecule has 0 radical (unpaired) electrons. The normalized spacial score (nSPS) is 8.20. The number of aliphatic hydroxyl groups excluding tert-OH is 1. The fraction of sp³-hybridized carbons (Fsp3) is 0.300. The van der Waals surface area contributed by atoms with E-state index in [1.807, 2.05) is 75.6 Å². The number of hydrogen-bond acceptors (Lipinski definition) is 15. The van der Waals surface area contributed by atoms with Crippen molar-refractivity contribution < 1.29 is 56.5 Å². The van der Waals surface area contributed by atoms with Crippen LogP contribution < -0.4 is 77.5 Å². The number of halogens is 6. The van der Waals surface area contributed by atoms with Gasteiger partial charge in [0.05, 0.1) is 23.0 Å². The van der Waals surface area contributed by atoms with E-state index in [0.29, 0.717) is 40.5 Å². The fourth-order valence-corrected chi connectivity index (χ4v) is 5.77. The van der Waals surface area contributed by atoms with Crippen molar-refractivity contribution in [2.45, 2.75) is 20.8 Å². The minimum atomic E-state index is 0. The van der Waals surface area contributed by atoms with Gasteiger partial charge in [-0.25, -0.2) is 4.99 Å². The number of aromatic nitrogens is 1. The zero-order chi connectivity index (χ0) is 54.2. The van der Waals surface area contributed by atoms with Crippen LogP contribution in [0.4, 0.5) is 22.2 Å². The first-order valence-electron chi connectivity index (χ1n) is 18.0. The first-order chi connectivity index (χ1) is 31.9. The van der Waals surface area contributed by atoms with E-state index in [0.717, 1.165) is 21.3 Å². The molecular formula is C40H52Br2Cl4KN13OS8. The molecule has 4 rings (SSSR count). The Bertz CT molecular complexity index is 2220. The fourth-order valence-electron chi connectivity index (χ4n) is 2.65. The molecule has 0 aliphatic heterocycles. The van der Waals surface area contributed by atoms with Gasteiger partial charge >= 0.3 is 51.4 Å². The molecule has 1 aromatic heterocycles. The Kier molecular flexibility index (Phi) is 68.2. The summed E-state index contributed by atoms with van der Waals surface area (Å²) in [5, 5.41) is 43.2. The Labute approximate surface area is 525 Å². The summed E-state index contributed by atoms with van der Waals surface area (Å²) in [6, 6.07) is 25.4. The Hall–Kier alpha value is -1.30. The Morgan fingerprint density at radius 2 is 1.23 bits per heavy atom. The predicted octanol–water partition coefficient (Wildman–Crippen LogP) is 9.97. The van der Waals surface area contributed by atoms with E-state index in [4.69, 9.17) is 110 Å². The van der Waals surface area contributed by atoms with Crippen molar-refractivity contribution in [3.63, 3.8) is 0 Å². The van der Waals surface area contributed by atoms with E-state index in [-0.39, 0.29) is 58.0 Å². The molecule has 0 unspecified atom stereocenters. The van der Waals surface area contributed by atoms with Crippen LogP contribution in [0.5, 0.6) is 0 Å². The van der Waals surface area contributed by atoms with Crippen LogP contribution >= 0.6 is 169 Å². The number of nitriles is 2. The maximum Gasteiger partial charge on any atom is 1.00 e. The van der Waals surface area contributed by atoms with Crippen LogP contribution in [-0.2, 0) is 0 Å². The average molecular weight is 1330 g/mol. The average Bonchev–Trinajstić information content (AvgIpc) is 3.72. The van der Waals surface area contributed by atoms with Crippen molar-refractivity contribution in [1.82, 2.24) is 25.0 Å². The number of hydrogen-bond donors (Lipinski definition) is 4. The van der Waals surface area contributed by atoms with Gasteiger partial charge in [0, 0.05) is 132 Å². The van der Waals surface area contributed by atoms with E-state index < -0.39 is 0 Å². The van der Waals surface area contributed by atoms with Crippen LogP contribution in [-0.4, -0.2) is 118 Å². The predicted molar refractivity (Wildman–Crippen MR) is 327 cm³/mol. The third-order valence-electron chi connectivity index (χ3n) is 5.23. The van der Waals surface area contributed by atoms with Crippen LogP contribution in [0.15, 0.2) is 82.8 Å². The van der Waals surface area contributed by atoms with Crippen molar-refractivity contribution in [1.29, 1.82) is 10.5 Å². The van der Waals surface area contributed by atoms with Gasteiger partial charge in [0.15, 0.2) is 19.8 Å². The molecule has 0 fully saturated rings. The maximum atomic E-state index is 7.57. The first kappa shape index (κ1) is 81.7. The minimum Gasteiger partial charge on any atom is -0.753 e. The van der Waals surface area contributed by atoms with E-state index in [2.05, 4.69) is 95.7 Å². The van der Waals surface area contributed by atoms with Crippen LogP contribution in [0.25, 0.3) is 5.41 Å². The van der Waals surface area contributed by atoms with Gasteiger partial charge in [0.25, 0.3) is 0 Å². The molecule has 14 nitrogen and oxygen atoms in total. The molecule has 5 N–H and O–H groups in total. The van der Waals surface area contributed by atoms with Gasteiger partial charge in [0.1, 0.15) is 0 Å². The van der Waals surface area contributed by atoms with Crippen molar-refractivity contribution >= 4 is 221 Å². The molecule has 0 amide bonds.